The molecule has 2 N–H and O–H groups in total. The van der Waals surface area contributed by atoms with Gasteiger partial charge in [0.1, 0.15) is 0 Å². The average Bonchev–Trinajstić information content (AvgIpc) is 2.28. The van der Waals surface area contributed by atoms with Crippen LogP contribution in [0.3, 0.4) is 0 Å². The minimum Gasteiger partial charge on any atom is -0.318 e. The topological polar surface area (TPSA) is 46.3 Å². The molecule has 0 aliphatic carbocycles. The summed E-state index contributed by atoms with van der Waals surface area (Å²) in [6.07, 6.45) is 1.60. The standard InChI is InChI=1S/C14H22N2O.ClH/c1-5-10-14(3,15)13(17)16(4)12-8-6-11(2)7-9-12;/h6-9H,5,10,15H2,1-4H3;1H. The Kier molecular flexibility index (Phi) is 6.36. The van der Waals surface area contributed by atoms with Gasteiger partial charge in [-0.3, -0.25) is 4.79 Å². The van der Waals surface area contributed by atoms with Crippen LogP contribution in [0.4, 0.5) is 5.69 Å². The van der Waals surface area contributed by atoms with E-state index in [1.54, 1.807) is 18.9 Å². The van der Waals surface area contributed by atoms with Gasteiger partial charge in [-0.1, -0.05) is 31.0 Å². The number of amides is 1. The summed E-state index contributed by atoms with van der Waals surface area (Å²) in [5.41, 5.74) is 7.33. The van der Waals surface area contributed by atoms with Gasteiger partial charge in [0, 0.05) is 12.7 Å². The van der Waals surface area contributed by atoms with Gasteiger partial charge in [0.05, 0.1) is 5.54 Å². The van der Waals surface area contributed by atoms with Gasteiger partial charge < -0.3 is 10.6 Å². The Hall–Kier alpha value is -1.06. The lowest BCUT2D eigenvalue weighted by molar-refractivity contribution is -0.123. The maximum Gasteiger partial charge on any atom is 0.246 e. The Balaban J connectivity index is 0.00000289. The average molecular weight is 271 g/mol. The van der Waals surface area contributed by atoms with Crippen LogP contribution in [0, 0.1) is 6.92 Å². The summed E-state index contributed by atoms with van der Waals surface area (Å²) in [4.78, 5) is 13.9. The van der Waals surface area contributed by atoms with Crippen LogP contribution in [0.1, 0.15) is 32.3 Å². The van der Waals surface area contributed by atoms with Crippen molar-refractivity contribution in [3.63, 3.8) is 0 Å². The summed E-state index contributed by atoms with van der Waals surface area (Å²) in [5, 5.41) is 0. The lowest BCUT2D eigenvalue weighted by atomic mass is 9.95. The van der Waals surface area contributed by atoms with Crippen molar-refractivity contribution in [2.75, 3.05) is 11.9 Å². The minimum absolute atomic E-state index is 0. The Morgan fingerprint density at radius 3 is 2.28 bits per heavy atom. The highest BCUT2D eigenvalue weighted by Crippen LogP contribution is 2.19. The molecule has 4 heteroatoms. The number of aryl methyl sites for hydroxylation is 1. The highest BCUT2D eigenvalue weighted by Gasteiger charge is 2.30. The van der Waals surface area contributed by atoms with Crippen LogP contribution in [-0.2, 0) is 4.79 Å². The Morgan fingerprint density at radius 1 is 1.33 bits per heavy atom. The number of nitrogens with zero attached hydrogens (tertiary/aromatic N) is 1. The lowest BCUT2D eigenvalue weighted by Crippen LogP contribution is -2.52. The molecule has 0 bridgehead atoms. The van der Waals surface area contributed by atoms with E-state index in [1.165, 1.54) is 5.56 Å². The molecule has 0 spiro atoms. The monoisotopic (exact) mass is 270 g/mol. The predicted molar refractivity (Wildman–Crippen MR) is 79.3 cm³/mol. The van der Waals surface area contributed by atoms with Gasteiger partial charge in [0.25, 0.3) is 0 Å². The molecular weight excluding hydrogens is 248 g/mol. The van der Waals surface area contributed by atoms with Crippen LogP contribution in [0.25, 0.3) is 0 Å². The van der Waals surface area contributed by atoms with E-state index in [2.05, 4.69) is 0 Å². The van der Waals surface area contributed by atoms with Crippen LogP contribution >= 0.6 is 12.4 Å². The molecule has 1 unspecified atom stereocenters. The number of likely N-dealkylation sites (N-methyl/N-ethyl adjacent to an activating group) is 1. The van der Waals surface area contributed by atoms with Crippen LogP contribution in [-0.4, -0.2) is 18.5 Å². The number of halogens is 1. The first-order valence-electron chi connectivity index (χ1n) is 6.02. The maximum absolute atomic E-state index is 12.2. The first-order chi connectivity index (χ1) is 7.88. The van der Waals surface area contributed by atoms with Crippen molar-refractivity contribution in [3.05, 3.63) is 29.8 Å². The van der Waals surface area contributed by atoms with E-state index in [9.17, 15) is 4.79 Å². The number of benzene rings is 1. The van der Waals surface area contributed by atoms with Gasteiger partial charge in [-0.15, -0.1) is 12.4 Å². The highest BCUT2D eigenvalue weighted by molar-refractivity contribution is 5.99. The molecule has 1 amide bonds. The number of carbonyl (C=O) groups excluding carboxylic acids is 1. The van der Waals surface area contributed by atoms with Crippen molar-refractivity contribution in [2.24, 2.45) is 5.73 Å². The van der Waals surface area contributed by atoms with E-state index in [4.69, 9.17) is 5.73 Å². The molecule has 1 aromatic rings. The zero-order chi connectivity index (χ0) is 13.1. The van der Waals surface area contributed by atoms with Crippen molar-refractivity contribution in [1.82, 2.24) is 0 Å². The molecule has 0 aromatic heterocycles. The highest BCUT2D eigenvalue weighted by atomic mass is 35.5. The van der Waals surface area contributed by atoms with Gasteiger partial charge >= 0.3 is 0 Å². The molecule has 0 aliphatic heterocycles. The van der Waals surface area contributed by atoms with Crippen molar-refractivity contribution in [1.29, 1.82) is 0 Å². The van der Waals surface area contributed by atoms with Crippen molar-refractivity contribution < 1.29 is 4.79 Å². The summed E-state index contributed by atoms with van der Waals surface area (Å²) in [6, 6.07) is 7.87. The third-order valence-electron chi connectivity index (χ3n) is 2.98. The van der Waals surface area contributed by atoms with Gasteiger partial charge in [-0.2, -0.15) is 0 Å². The predicted octanol–water partition coefficient (Wildman–Crippen LogP) is 2.90. The quantitative estimate of drug-likeness (QED) is 0.914. The Labute approximate surface area is 116 Å². The van der Waals surface area contributed by atoms with Crippen LogP contribution in [0.5, 0.6) is 0 Å². The van der Waals surface area contributed by atoms with Crippen LogP contribution < -0.4 is 10.6 Å². The number of hydrogen-bond donors (Lipinski definition) is 1. The largest absolute Gasteiger partial charge is 0.318 e. The first-order valence-corrected chi connectivity index (χ1v) is 6.02. The third-order valence-corrected chi connectivity index (χ3v) is 2.98. The Bertz CT molecular complexity index is 387. The first kappa shape index (κ1) is 16.9. The summed E-state index contributed by atoms with van der Waals surface area (Å²) in [5.74, 6) is -0.0387. The smallest absolute Gasteiger partial charge is 0.246 e. The van der Waals surface area contributed by atoms with Crippen LogP contribution in [0.2, 0.25) is 0 Å². The maximum atomic E-state index is 12.2. The molecule has 1 aromatic carbocycles. The molecule has 0 saturated heterocycles. The van der Waals surface area contributed by atoms with Crippen molar-refractivity contribution >= 4 is 24.0 Å². The summed E-state index contributed by atoms with van der Waals surface area (Å²) >= 11 is 0. The van der Waals surface area contributed by atoms with Gasteiger partial charge in [-0.25, -0.2) is 0 Å². The van der Waals surface area contributed by atoms with Gasteiger partial charge in [-0.05, 0) is 32.4 Å². The van der Waals surface area contributed by atoms with Crippen LogP contribution in [0.15, 0.2) is 24.3 Å². The van der Waals surface area contributed by atoms with E-state index in [-0.39, 0.29) is 18.3 Å². The van der Waals surface area contributed by atoms with Gasteiger partial charge in [0.2, 0.25) is 5.91 Å². The number of hydrogen-bond acceptors (Lipinski definition) is 2. The molecule has 1 rings (SSSR count). The third kappa shape index (κ3) is 4.00. The molecule has 0 heterocycles. The second-order valence-corrected chi connectivity index (χ2v) is 4.87. The van der Waals surface area contributed by atoms with E-state index in [0.717, 1.165) is 12.1 Å². The summed E-state index contributed by atoms with van der Waals surface area (Å²) in [6.45, 7) is 5.85. The molecular formula is C14H23ClN2O. The fourth-order valence-corrected chi connectivity index (χ4v) is 1.90. The normalized spacial score (nSPS) is 13.4. The molecule has 3 nitrogen and oxygen atoms in total. The zero-order valence-corrected chi connectivity index (χ0v) is 12.4. The minimum atomic E-state index is -0.783. The molecule has 1 atom stereocenters. The second kappa shape index (κ2) is 6.76. The summed E-state index contributed by atoms with van der Waals surface area (Å²) in [7, 11) is 1.77. The molecule has 102 valence electrons. The van der Waals surface area contributed by atoms with E-state index >= 15 is 0 Å². The zero-order valence-electron chi connectivity index (χ0n) is 11.6. The molecule has 18 heavy (non-hydrogen) atoms. The van der Waals surface area contributed by atoms with Gasteiger partial charge in [0.15, 0.2) is 0 Å². The number of carbonyl (C=O) groups is 1. The molecule has 0 saturated carbocycles. The fraction of sp³-hybridized carbons (Fsp3) is 0.500. The van der Waals surface area contributed by atoms with E-state index in [1.807, 2.05) is 38.1 Å². The SMILES string of the molecule is CCCC(C)(N)C(=O)N(C)c1ccc(C)cc1.Cl. The van der Waals surface area contributed by atoms with E-state index in [0.29, 0.717) is 6.42 Å². The van der Waals surface area contributed by atoms with E-state index < -0.39 is 5.54 Å². The van der Waals surface area contributed by atoms with Crippen molar-refractivity contribution in [2.45, 2.75) is 39.2 Å². The number of rotatable bonds is 4. The summed E-state index contributed by atoms with van der Waals surface area (Å²) < 4.78 is 0. The number of anilines is 1. The molecule has 0 fully saturated rings. The molecule has 0 aliphatic rings. The van der Waals surface area contributed by atoms with Crippen molar-refractivity contribution in [3.8, 4) is 0 Å². The fourth-order valence-electron chi connectivity index (χ4n) is 1.90. The Morgan fingerprint density at radius 2 is 1.83 bits per heavy atom. The second-order valence-electron chi connectivity index (χ2n) is 4.87. The number of nitrogens with two attached hydrogens (primary N) is 1. The lowest BCUT2D eigenvalue weighted by Gasteiger charge is -2.29. The molecule has 0 radical (unpaired) electrons.